The molecule has 3 aromatic rings. The summed E-state index contributed by atoms with van der Waals surface area (Å²) >= 11 is 11.9. The molecule has 0 saturated carbocycles. The summed E-state index contributed by atoms with van der Waals surface area (Å²) in [5, 5.41) is 3.86. The van der Waals surface area contributed by atoms with Gasteiger partial charge in [-0.3, -0.25) is 9.10 Å². The van der Waals surface area contributed by atoms with Crippen LogP contribution in [0.4, 0.5) is 5.69 Å². The number of rotatable bonds is 9. The van der Waals surface area contributed by atoms with Gasteiger partial charge in [0.05, 0.1) is 10.6 Å². The monoisotopic (exact) mass is 476 g/mol. The van der Waals surface area contributed by atoms with Gasteiger partial charge in [-0.2, -0.15) is 0 Å². The molecule has 0 unspecified atom stereocenters. The molecular formula is C23H22Cl2N2O3S. The van der Waals surface area contributed by atoms with E-state index >= 15 is 0 Å². The first kappa shape index (κ1) is 23.1. The second kappa shape index (κ2) is 10.7. The Morgan fingerprint density at radius 1 is 0.871 bits per heavy atom. The number of carbonyl (C=O) groups is 1. The molecule has 5 nitrogen and oxygen atoms in total. The summed E-state index contributed by atoms with van der Waals surface area (Å²) in [5.74, 6) is -0.393. The predicted molar refractivity (Wildman–Crippen MR) is 125 cm³/mol. The van der Waals surface area contributed by atoms with Crippen LogP contribution in [0.25, 0.3) is 0 Å². The molecule has 0 aliphatic rings. The van der Waals surface area contributed by atoms with Crippen molar-refractivity contribution < 1.29 is 13.2 Å². The first-order chi connectivity index (χ1) is 14.9. The maximum atomic E-state index is 13.2. The first-order valence-corrected chi connectivity index (χ1v) is 11.9. The van der Waals surface area contributed by atoms with E-state index in [0.29, 0.717) is 22.3 Å². The van der Waals surface area contributed by atoms with Gasteiger partial charge < -0.3 is 5.32 Å². The molecule has 3 rings (SSSR count). The topological polar surface area (TPSA) is 66.5 Å². The van der Waals surface area contributed by atoms with Gasteiger partial charge in [-0.15, -0.1) is 0 Å². The van der Waals surface area contributed by atoms with E-state index < -0.39 is 15.9 Å². The highest BCUT2D eigenvalue weighted by atomic mass is 35.5. The number of halogens is 2. The fourth-order valence-corrected chi connectivity index (χ4v) is 4.77. The Bertz CT molecular complexity index is 1120. The van der Waals surface area contributed by atoms with Gasteiger partial charge in [0.1, 0.15) is 6.54 Å². The average molecular weight is 477 g/mol. The third-order valence-electron chi connectivity index (χ3n) is 4.59. The summed E-state index contributed by atoms with van der Waals surface area (Å²) in [6.45, 7) is 0.0781. The van der Waals surface area contributed by atoms with Crippen LogP contribution >= 0.6 is 23.2 Å². The molecule has 0 heterocycles. The average Bonchev–Trinajstić information content (AvgIpc) is 2.77. The van der Waals surface area contributed by atoms with E-state index in [4.69, 9.17) is 23.2 Å². The van der Waals surface area contributed by atoms with Crippen LogP contribution < -0.4 is 9.62 Å². The molecule has 0 aromatic heterocycles. The van der Waals surface area contributed by atoms with Gasteiger partial charge in [0.15, 0.2) is 0 Å². The second-order valence-corrected chi connectivity index (χ2v) is 9.62. The van der Waals surface area contributed by atoms with Crippen molar-refractivity contribution in [1.29, 1.82) is 0 Å². The number of benzene rings is 3. The molecule has 0 bridgehead atoms. The zero-order valence-corrected chi connectivity index (χ0v) is 19.0. The van der Waals surface area contributed by atoms with Crippen molar-refractivity contribution in [3.63, 3.8) is 0 Å². The van der Waals surface area contributed by atoms with Crippen molar-refractivity contribution in [3.8, 4) is 0 Å². The van der Waals surface area contributed by atoms with Crippen LogP contribution in [0.3, 0.4) is 0 Å². The lowest BCUT2D eigenvalue weighted by molar-refractivity contribution is -0.119. The van der Waals surface area contributed by atoms with Gasteiger partial charge in [-0.1, -0.05) is 59.6 Å². The molecule has 0 atom stereocenters. The Morgan fingerprint density at radius 3 is 2.26 bits per heavy atom. The minimum absolute atomic E-state index is 0.102. The van der Waals surface area contributed by atoms with E-state index in [9.17, 15) is 13.2 Å². The van der Waals surface area contributed by atoms with Crippen molar-refractivity contribution in [2.45, 2.75) is 17.7 Å². The quantitative estimate of drug-likeness (QED) is 0.444. The number of hydrogen-bond donors (Lipinski definition) is 1. The molecule has 162 valence electrons. The third kappa shape index (κ3) is 6.47. The smallest absolute Gasteiger partial charge is 0.264 e. The molecule has 3 aromatic carbocycles. The standard InChI is InChI=1S/C23H22Cl2N2O3S/c24-19-13-11-18(12-14-19)6-5-15-26-23(28)17-27(21-8-4-7-20(25)16-21)31(29,30)22-9-2-1-3-10-22/h1-4,7-14,16H,5-6,15,17H2,(H,26,28). The lowest BCUT2D eigenvalue weighted by Crippen LogP contribution is -2.41. The van der Waals surface area contributed by atoms with Gasteiger partial charge in [0.25, 0.3) is 10.0 Å². The van der Waals surface area contributed by atoms with Crippen molar-refractivity contribution in [1.82, 2.24) is 5.32 Å². The highest BCUT2D eigenvalue weighted by Gasteiger charge is 2.27. The van der Waals surface area contributed by atoms with E-state index in [1.807, 2.05) is 24.3 Å². The molecule has 0 saturated heterocycles. The number of nitrogens with one attached hydrogen (secondary N) is 1. The lowest BCUT2D eigenvalue weighted by atomic mass is 10.1. The van der Waals surface area contributed by atoms with E-state index in [0.717, 1.165) is 22.7 Å². The number of carbonyl (C=O) groups excluding carboxylic acids is 1. The van der Waals surface area contributed by atoms with Crippen LogP contribution in [-0.4, -0.2) is 27.4 Å². The zero-order chi connectivity index (χ0) is 22.3. The molecule has 1 N–H and O–H groups in total. The van der Waals surface area contributed by atoms with Gasteiger partial charge in [-0.25, -0.2) is 8.42 Å². The van der Waals surface area contributed by atoms with Gasteiger partial charge in [0, 0.05) is 16.6 Å². The molecule has 0 aliphatic carbocycles. The minimum Gasteiger partial charge on any atom is -0.355 e. The van der Waals surface area contributed by atoms with Crippen molar-refractivity contribution in [2.24, 2.45) is 0 Å². The summed E-state index contributed by atoms with van der Waals surface area (Å²) in [6, 6.07) is 22.0. The summed E-state index contributed by atoms with van der Waals surface area (Å²) < 4.78 is 27.5. The second-order valence-electron chi connectivity index (χ2n) is 6.88. The Morgan fingerprint density at radius 2 is 1.58 bits per heavy atom. The van der Waals surface area contributed by atoms with Crippen LogP contribution in [0.1, 0.15) is 12.0 Å². The van der Waals surface area contributed by atoms with E-state index in [1.54, 1.807) is 36.4 Å². The molecule has 0 radical (unpaired) electrons. The molecule has 31 heavy (non-hydrogen) atoms. The van der Waals surface area contributed by atoms with Crippen LogP contribution in [-0.2, 0) is 21.2 Å². The normalized spacial score (nSPS) is 11.2. The van der Waals surface area contributed by atoms with E-state index in [1.165, 1.54) is 18.2 Å². The maximum absolute atomic E-state index is 13.2. The highest BCUT2D eigenvalue weighted by molar-refractivity contribution is 7.92. The molecule has 0 fully saturated rings. The molecular weight excluding hydrogens is 455 g/mol. The Balaban J connectivity index is 1.68. The maximum Gasteiger partial charge on any atom is 0.264 e. The predicted octanol–water partition coefficient (Wildman–Crippen LogP) is 4.94. The number of anilines is 1. The highest BCUT2D eigenvalue weighted by Crippen LogP contribution is 2.25. The number of aryl methyl sites for hydroxylation is 1. The Hall–Kier alpha value is -2.54. The molecule has 0 spiro atoms. The van der Waals surface area contributed by atoms with Gasteiger partial charge in [-0.05, 0) is 60.9 Å². The SMILES string of the molecule is O=C(CN(c1cccc(Cl)c1)S(=O)(=O)c1ccccc1)NCCCc1ccc(Cl)cc1. The molecule has 0 aliphatic heterocycles. The summed E-state index contributed by atoms with van der Waals surface area (Å²) in [4.78, 5) is 12.7. The van der Waals surface area contributed by atoms with Crippen molar-refractivity contribution in [2.75, 3.05) is 17.4 Å². The Kier molecular flexibility index (Phi) is 7.96. The number of amides is 1. The lowest BCUT2D eigenvalue weighted by Gasteiger charge is -2.24. The van der Waals surface area contributed by atoms with Crippen molar-refractivity contribution >= 4 is 44.8 Å². The number of hydrogen-bond acceptors (Lipinski definition) is 3. The van der Waals surface area contributed by atoms with Crippen LogP contribution in [0.2, 0.25) is 10.0 Å². The third-order valence-corrected chi connectivity index (χ3v) is 6.87. The van der Waals surface area contributed by atoms with E-state index in [2.05, 4.69) is 5.32 Å². The van der Waals surface area contributed by atoms with Gasteiger partial charge in [0.2, 0.25) is 5.91 Å². The zero-order valence-electron chi connectivity index (χ0n) is 16.7. The summed E-state index contributed by atoms with van der Waals surface area (Å²) in [7, 11) is -3.94. The van der Waals surface area contributed by atoms with E-state index in [-0.39, 0.29) is 11.4 Å². The molecule has 1 amide bonds. The van der Waals surface area contributed by atoms with Crippen molar-refractivity contribution in [3.05, 3.63) is 94.5 Å². The first-order valence-electron chi connectivity index (χ1n) is 9.71. The van der Waals surface area contributed by atoms with Crippen LogP contribution in [0, 0.1) is 0 Å². The molecule has 8 heteroatoms. The fourth-order valence-electron chi connectivity index (χ4n) is 3.02. The minimum atomic E-state index is -3.94. The summed E-state index contributed by atoms with van der Waals surface area (Å²) in [6.07, 6.45) is 1.49. The largest absolute Gasteiger partial charge is 0.355 e. The fraction of sp³-hybridized carbons (Fsp3) is 0.174. The summed E-state index contributed by atoms with van der Waals surface area (Å²) in [5.41, 5.74) is 1.44. The number of nitrogens with zero attached hydrogens (tertiary/aromatic N) is 1. The van der Waals surface area contributed by atoms with Crippen LogP contribution in [0.15, 0.2) is 83.8 Å². The number of sulfonamides is 1. The van der Waals surface area contributed by atoms with Crippen LogP contribution in [0.5, 0.6) is 0 Å². The van der Waals surface area contributed by atoms with Gasteiger partial charge >= 0.3 is 0 Å². The Labute approximate surface area is 192 Å².